The molecular weight excluding hydrogens is 465 g/mol. The average molecular weight is 484 g/mol. The fourth-order valence-electron chi connectivity index (χ4n) is 2.90. The van der Waals surface area contributed by atoms with Gasteiger partial charge >= 0.3 is 17.2 Å². The van der Waals surface area contributed by atoms with Gasteiger partial charge < -0.3 is 9.57 Å². The Morgan fingerprint density at radius 3 is 2.52 bits per heavy atom. The minimum atomic E-state index is -5.49. The highest BCUT2D eigenvalue weighted by atomic mass is 32.2. The van der Waals surface area contributed by atoms with E-state index in [9.17, 15) is 26.4 Å². The van der Waals surface area contributed by atoms with E-state index in [1.165, 1.54) is 37.8 Å². The van der Waals surface area contributed by atoms with Gasteiger partial charge in [0.25, 0.3) is 9.84 Å². The summed E-state index contributed by atoms with van der Waals surface area (Å²) in [4.78, 5) is 16.9. The van der Waals surface area contributed by atoms with Gasteiger partial charge in [0.1, 0.15) is 6.61 Å². The lowest BCUT2D eigenvalue weighted by Gasteiger charge is -2.11. The smallest absolute Gasteiger partial charge is 0.467 e. The number of para-hydroxylation sites is 1. The molecule has 0 saturated heterocycles. The molecule has 0 aliphatic rings. The van der Waals surface area contributed by atoms with Gasteiger partial charge in [0.15, 0.2) is 0 Å². The van der Waals surface area contributed by atoms with Crippen molar-refractivity contribution in [3.63, 3.8) is 0 Å². The first kappa shape index (κ1) is 24.0. The molecule has 9 nitrogen and oxygen atoms in total. The number of methoxy groups -OCH3 is 1. The van der Waals surface area contributed by atoms with Crippen LogP contribution in [0.15, 0.2) is 63.4 Å². The van der Waals surface area contributed by atoms with E-state index in [1.807, 2.05) is 0 Å². The van der Waals surface area contributed by atoms with Crippen LogP contribution in [-0.2, 0) is 28.3 Å². The average Bonchev–Trinajstić information content (AvgIpc) is 3.06. The van der Waals surface area contributed by atoms with Gasteiger partial charge in [0, 0.05) is 18.2 Å². The predicted octanol–water partition coefficient (Wildman–Crippen LogP) is 2.81. The molecule has 1 heterocycles. The first-order valence-corrected chi connectivity index (χ1v) is 10.8. The maximum Gasteiger partial charge on any atom is 0.501 e. The second-order valence-electron chi connectivity index (χ2n) is 6.78. The minimum Gasteiger partial charge on any atom is -0.467 e. The summed E-state index contributed by atoms with van der Waals surface area (Å²) in [6.45, 7) is 1.36. The van der Waals surface area contributed by atoms with E-state index in [2.05, 4.69) is 10.3 Å². The van der Waals surface area contributed by atoms with Crippen molar-refractivity contribution in [2.75, 3.05) is 7.11 Å². The fraction of sp³-hybridized carbons (Fsp3) is 0.250. The molecule has 1 aromatic heterocycles. The molecule has 2 aromatic carbocycles. The van der Waals surface area contributed by atoms with E-state index < -0.39 is 25.9 Å². The number of ether oxygens (including phenoxy) is 1. The van der Waals surface area contributed by atoms with Crippen molar-refractivity contribution in [3.8, 4) is 11.7 Å². The molecular formula is C20H19F3N4O5S. The summed E-state index contributed by atoms with van der Waals surface area (Å²) >= 11 is 0. The van der Waals surface area contributed by atoms with Gasteiger partial charge in [0.2, 0.25) is 0 Å². The van der Waals surface area contributed by atoms with Crippen LogP contribution in [-0.4, -0.2) is 41.1 Å². The second-order valence-corrected chi connectivity index (χ2v) is 8.73. The maximum absolute atomic E-state index is 12.8. The lowest BCUT2D eigenvalue weighted by Crippen LogP contribution is -2.23. The van der Waals surface area contributed by atoms with Gasteiger partial charge in [-0.1, -0.05) is 35.5 Å². The Morgan fingerprint density at radius 2 is 1.85 bits per heavy atom. The molecule has 0 saturated carbocycles. The van der Waals surface area contributed by atoms with E-state index in [4.69, 9.17) is 9.57 Å². The molecule has 0 N–H and O–H groups in total. The molecule has 0 aliphatic carbocycles. The van der Waals surface area contributed by atoms with Crippen molar-refractivity contribution >= 4 is 15.5 Å². The standard InChI is InChI=1S/C20H19F3N4O5S/c1-13(14-8-6-9-16(11-14)33(29,30)20(21,22)23)25-32-12-15-7-4-5-10-17(15)27-18(31-3)24-26(2)19(27)28/h4-11H,12H2,1-3H3/b25-13+. The Bertz CT molecular complexity index is 1360. The second kappa shape index (κ2) is 9.10. The number of hydrogen-bond donors (Lipinski definition) is 0. The summed E-state index contributed by atoms with van der Waals surface area (Å²) in [5, 5.41) is 7.87. The van der Waals surface area contributed by atoms with Crippen molar-refractivity contribution in [1.29, 1.82) is 0 Å². The summed E-state index contributed by atoms with van der Waals surface area (Å²) in [7, 11) is -2.64. The van der Waals surface area contributed by atoms with Crippen LogP contribution in [0.4, 0.5) is 13.2 Å². The van der Waals surface area contributed by atoms with Crippen LogP contribution in [0.3, 0.4) is 0 Å². The van der Waals surface area contributed by atoms with Gasteiger partial charge in [-0.25, -0.2) is 22.5 Å². The van der Waals surface area contributed by atoms with Gasteiger partial charge in [0.05, 0.1) is 23.4 Å². The summed E-state index contributed by atoms with van der Waals surface area (Å²) in [5.74, 6) is 0. The van der Waals surface area contributed by atoms with Crippen LogP contribution < -0.4 is 10.4 Å². The molecule has 13 heteroatoms. The van der Waals surface area contributed by atoms with Crippen molar-refractivity contribution in [2.24, 2.45) is 12.2 Å². The minimum absolute atomic E-state index is 0.0670. The highest BCUT2D eigenvalue weighted by Gasteiger charge is 2.46. The quantitative estimate of drug-likeness (QED) is 0.377. The van der Waals surface area contributed by atoms with Crippen LogP contribution in [0, 0.1) is 0 Å². The SMILES string of the molecule is COc1nn(C)c(=O)n1-c1ccccc1CO/N=C(\C)c1cccc(S(=O)(=O)C(F)(F)F)c1. The van der Waals surface area contributed by atoms with E-state index >= 15 is 0 Å². The molecule has 0 atom stereocenters. The summed E-state index contributed by atoms with van der Waals surface area (Å²) in [6.07, 6.45) is 0. The number of sulfone groups is 1. The first-order valence-electron chi connectivity index (χ1n) is 9.34. The maximum atomic E-state index is 12.8. The molecule has 3 rings (SSSR count). The third kappa shape index (κ3) is 4.77. The van der Waals surface area contributed by atoms with E-state index in [-0.39, 0.29) is 23.9 Å². The molecule has 0 fully saturated rings. The van der Waals surface area contributed by atoms with E-state index in [1.54, 1.807) is 24.3 Å². The third-order valence-corrected chi connectivity index (χ3v) is 6.08. The number of hydrogen-bond acceptors (Lipinski definition) is 7. The van der Waals surface area contributed by atoms with Crippen LogP contribution in [0.25, 0.3) is 5.69 Å². The zero-order valence-corrected chi connectivity index (χ0v) is 18.5. The van der Waals surface area contributed by atoms with Crippen LogP contribution in [0.5, 0.6) is 6.01 Å². The predicted molar refractivity (Wildman–Crippen MR) is 112 cm³/mol. The number of halogens is 3. The third-order valence-electron chi connectivity index (χ3n) is 4.60. The molecule has 176 valence electrons. The van der Waals surface area contributed by atoms with E-state index in [0.717, 1.165) is 16.8 Å². The van der Waals surface area contributed by atoms with Crippen molar-refractivity contribution in [2.45, 2.75) is 23.9 Å². The Labute approximate surface area is 186 Å². The number of aromatic nitrogens is 3. The summed E-state index contributed by atoms with van der Waals surface area (Å²) in [5.41, 5.74) is -4.57. The largest absolute Gasteiger partial charge is 0.501 e. The summed E-state index contributed by atoms with van der Waals surface area (Å²) < 4.78 is 69.3. The monoisotopic (exact) mass is 484 g/mol. The summed E-state index contributed by atoms with van der Waals surface area (Å²) in [6, 6.07) is 11.2. The Morgan fingerprint density at radius 1 is 1.15 bits per heavy atom. The number of oxime groups is 1. The van der Waals surface area contributed by atoms with Crippen LogP contribution in [0.2, 0.25) is 0 Å². The van der Waals surface area contributed by atoms with Gasteiger partial charge in [-0.05, 0) is 25.1 Å². The Kier molecular flexibility index (Phi) is 6.63. The van der Waals surface area contributed by atoms with Gasteiger partial charge in [-0.2, -0.15) is 13.2 Å². The highest BCUT2D eigenvalue weighted by molar-refractivity contribution is 7.92. The molecule has 0 spiro atoms. The number of rotatable bonds is 7. The number of aryl methyl sites for hydroxylation is 1. The van der Waals surface area contributed by atoms with Crippen LogP contribution in [0.1, 0.15) is 18.1 Å². The van der Waals surface area contributed by atoms with Crippen molar-refractivity contribution < 1.29 is 31.2 Å². The number of nitrogens with zero attached hydrogens (tertiary/aromatic N) is 4. The number of alkyl halides is 3. The molecule has 0 radical (unpaired) electrons. The molecule has 0 aliphatic heterocycles. The van der Waals surface area contributed by atoms with Crippen molar-refractivity contribution in [3.05, 3.63) is 70.1 Å². The Hall–Kier alpha value is -3.61. The van der Waals surface area contributed by atoms with Gasteiger partial charge in [-0.3, -0.25) is 0 Å². The normalized spacial score (nSPS) is 12.6. The fourth-order valence-corrected chi connectivity index (χ4v) is 3.71. The van der Waals surface area contributed by atoms with Gasteiger partial charge in [-0.15, -0.1) is 5.10 Å². The highest BCUT2D eigenvalue weighted by Crippen LogP contribution is 2.30. The Balaban J connectivity index is 1.86. The van der Waals surface area contributed by atoms with E-state index in [0.29, 0.717) is 11.3 Å². The molecule has 3 aromatic rings. The zero-order valence-electron chi connectivity index (χ0n) is 17.7. The lowest BCUT2D eigenvalue weighted by molar-refractivity contribution is -0.0436. The molecule has 0 amide bonds. The van der Waals surface area contributed by atoms with Crippen LogP contribution >= 0.6 is 0 Å². The molecule has 0 bridgehead atoms. The lowest BCUT2D eigenvalue weighted by atomic mass is 10.1. The zero-order chi connectivity index (χ0) is 24.4. The van der Waals surface area contributed by atoms with Crippen molar-refractivity contribution in [1.82, 2.24) is 14.3 Å². The topological polar surface area (TPSA) is 105 Å². The molecule has 33 heavy (non-hydrogen) atoms. The number of benzene rings is 2. The molecule has 0 unspecified atom stereocenters. The first-order chi connectivity index (χ1) is 15.5.